The molecule has 0 aliphatic carbocycles. The fourth-order valence-electron chi connectivity index (χ4n) is 1.37. The van der Waals surface area contributed by atoms with Gasteiger partial charge in [0.05, 0.1) is 16.3 Å². The Bertz CT molecular complexity index is 650. The molecule has 0 bridgehead atoms. The van der Waals surface area contributed by atoms with Crippen LogP contribution in [0, 0.1) is 11.9 Å². The lowest BCUT2D eigenvalue weighted by Crippen LogP contribution is -2.14. The number of hydrogen-bond acceptors (Lipinski definition) is 2. The molecular weight excluding hydrogens is 297 g/mol. The number of halogens is 4. The molecule has 0 radical (unpaired) electrons. The summed E-state index contributed by atoms with van der Waals surface area (Å²) in [4.78, 5) is 14.8. The highest BCUT2D eigenvalue weighted by Gasteiger charge is 2.14. The SMILES string of the molecule is O=C(Nc1ccc(F)nc1F)c1cc(Cl)ccc1Cl. The van der Waals surface area contributed by atoms with E-state index in [9.17, 15) is 13.6 Å². The highest BCUT2D eigenvalue weighted by molar-refractivity contribution is 6.36. The van der Waals surface area contributed by atoms with Crippen molar-refractivity contribution in [1.82, 2.24) is 4.98 Å². The Morgan fingerprint density at radius 3 is 2.58 bits per heavy atom. The average molecular weight is 303 g/mol. The number of benzene rings is 1. The second-order valence-corrected chi connectivity index (χ2v) is 4.39. The van der Waals surface area contributed by atoms with Gasteiger partial charge in [-0.1, -0.05) is 23.2 Å². The third-order valence-electron chi connectivity index (χ3n) is 2.24. The third kappa shape index (κ3) is 3.19. The van der Waals surface area contributed by atoms with Crippen molar-refractivity contribution in [3.8, 4) is 0 Å². The number of carbonyl (C=O) groups is 1. The van der Waals surface area contributed by atoms with Crippen molar-refractivity contribution in [3.63, 3.8) is 0 Å². The van der Waals surface area contributed by atoms with Crippen molar-refractivity contribution in [1.29, 1.82) is 0 Å². The van der Waals surface area contributed by atoms with Gasteiger partial charge in [0.1, 0.15) is 0 Å². The van der Waals surface area contributed by atoms with E-state index in [1.807, 2.05) is 0 Å². The molecule has 7 heteroatoms. The van der Waals surface area contributed by atoms with Gasteiger partial charge in [-0.3, -0.25) is 4.79 Å². The molecule has 1 amide bonds. The molecule has 0 aliphatic rings. The average Bonchev–Trinajstić information content (AvgIpc) is 2.35. The molecule has 0 aliphatic heterocycles. The fraction of sp³-hybridized carbons (Fsp3) is 0. The van der Waals surface area contributed by atoms with E-state index in [0.717, 1.165) is 12.1 Å². The van der Waals surface area contributed by atoms with E-state index in [1.165, 1.54) is 18.2 Å². The van der Waals surface area contributed by atoms with Crippen LogP contribution >= 0.6 is 23.2 Å². The zero-order valence-corrected chi connectivity index (χ0v) is 10.8. The van der Waals surface area contributed by atoms with Crippen molar-refractivity contribution in [2.24, 2.45) is 0 Å². The number of anilines is 1. The van der Waals surface area contributed by atoms with Crippen molar-refractivity contribution in [3.05, 3.63) is 57.8 Å². The Morgan fingerprint density at radius 2 is 1.89 bits per heavy atom. The molecular formula is C12H6Cl2F2N2O. The van der Waals surface area contributed by atoms with Crippen LogP contribution in [0.25, 0.3) is 0 Å². The maximum atomic E-state index is 13.3. The van der Waals surface area contributed by atoms with Gasteiger partial charge < -0.3 is 5.32 Å². The summed E-state index contributed by atoms with van der Waals surface area (Å²) in [7, 11) is 0. The van der Waals surface area contributed by atoms with Gasteiger partial charge in [-0.2, -0.15) is 13.8 Å². The predicted octanol–water partition coefficient (Wildman–Crippen LogP) is 3.92. The van der Waals surface area contributed by atoms with Crippen LogP contribution in [-0.2, 0) is 0 Å². The van der Waals surface area contributed by atoms with Gasteiger partial charge in [-0.05, 0) is 30.3 Å². The van der Waals surface area contributed by atoms with E-state index in [0.29, 0.717) is 5.02 Å². The minimum absolute atomic E-state index is 0.0814. The molecule has 0 fully saturated rings. The maximum Gasteiger partial charge on any atom is 0.257 e. The van der Waals surface area contributed by atoms with Crippen LogP contribution in [-0.4, -0.2) is 10.9 Å². The van der Waals surface area contributed by atoms with Crippen LogP contribution in [0.5, 0.6) is 0 Å². The van der Waals surface area contributed by atoms with E-state index in [1.54, 1.807) is 0 Å². The quantitative estimate of drug-likeness (QED) is 0.854. The van der Waals surface area contributed by atoms with Crippen molar-refractivity contribution in [2.75, 3.05) is 5.32 Å². The molecule has 0 spiro atoms. The van der Waals surface area contributed by atoms with Crippen molar-refractivity contribution >= 4 is 34.8 Å². The zero-order chi connectivity index (χ0) is 14.0. The molecule has 0 unspecified atom stereocenters. The predicted molar refractivity (Wildman–Crippen MR) is 68.6 cm³/mol. The molecule has 1 aromatic carbocycles. The summed E-state index contributed by atoms with van der Waals surface area (Å²) in [5, 5.41) is 2.71. The first-order chi connectivity index (χ1) is 8.97. The van der Waals surface area contributed by atoms with Gasteiger partial charge in [-0.15, -0.1) is 0 Å². The van der Waals surface area contributed by atoms with Gasteiger partial charge in [-0.25, -0.2) is 0 Å². The molecule has 2 aromatic rings. The Labute approximate surface area is 117 Å². The molecule has 0 saturated carbocycles. The number of pyridine rings is 1. The molecule has 1 N–H and O–H groups in total. The first-order valence-electron chi connectivity index (χ1n) is 5.06. The number of carbonyl (C=O) groups excluding carboxylic acids is 1. The van der Waals surface area contributed by atoms with Gasteiger partial charge in [0.2, 0.25) is 11.9 Å². The van der Waals surface area contributed by atoms with Crippen LogP contribution < -0.4 is 5.32 Å². The summed E-state index contributed by atoms with van der Waals surface area (Å²) < 4.78 is 25.9. The minimum Gasteiger partial charge on any atom is -0.318 e. The monoisotopic (exact) mass is 302 g/mol. The van der Waals surface area contributed by atoms with Gasteiger partial charge in [0.15, 0.2) is 0 Å². The van der Waals surface area contributed by atoms with E-state index in [-0.39, 0.29) is 16.3 Å². The van der Waals surface area contributed by atoms with Gasteiger partial charge >= 0.3 is 0 Å². The maximum absolute atomic E-state index is 13.3. The van der Waals surface area contributed by atoms with Gasteiger partial charge in [0.25, 0.3) is 5.91 Å². The number of nitrogens with zero attached hydrogens (tertiary/aromatic N) is 1. The molecule has 19 heavy (non-hydrogen) atoms. The number of amides is 1. The van der Waals surface area contributed by atoms with Crippen LogP contribution in [0.4, 0.5) is 14.5 Å². The summed E-state index contributed by atoms with van der Waals surface area (Å²) in [6, 6.07) is 6.29. The number of aromatic nitrogens is 1. The second kappa shape index (κ2) is 5.50. The molecule has 1 heterocycles. The Balaban J connectivity index is 2.28. The first kappa shape index (κ1) is 13.7. The van der Waals surface area contributed by atoms with Crippen LogP contribution in [0.15, 0.2) is 30.3 Å². The Hall–Kier alpha value is -1.72. The van der Waals surface area contributed by atoms with E-state index >= 15 is 0 Å². The summed E-state index contributed by atoms with van der Waals surface area (Å²) in [6.45, 7) is 0. The fourth-order valence-corrected chi connectivity index (χ4v) is 1.74. The number of hydrogen-bond donors (Lipinski definition) is 1. The van der Waals surface area contributed by atoms with Gasteiger partial charge in [0, 0.05) is 5.02 Å². The van der Waals surface area contributed by atoms with E-state index < -0.39 is 17.8 Å². The first-order valence-corrected chi connectivity index (χ1v) is 5.81. The Kier molecular flexibility index (Phi) is 3.97. The third-order valence-corrected chi connectivity index (χ3v) is 2.80. The van der Waals surface area contributed by atoms with Crippen LogP contribution in [0.2, 0.25) is 10.0 Å². The second-order valence-electron chi connectivity index (χ2n) is 3.55. The molecule has 2 rings (SSSR count). The standard InChI is InChI=1S/C12H6Cl2F2N2O/c13-6-1-2-8(14)7(5-6)12(19)17-9-3-4-10(15)18-11(9)16/h1-5H,(H,17,19). The van der Waals surface area contributed by atoms with Crippen molar-refractivity contribution < 1.29 is 13.6 Å². The summed E-state index contributed by atoms with van der Waals surface area (Å²) in [5.74, 6) is -2.76. The number of rotatable bonds is 2. The highest BCUT2D eigenvalue weighted by Crippen LogP contribution is 2.22. The summed E-state index contributed by atoms with van der Waals surface area (Å²) >= 11 is 11.6. The van der Waals surface area contributed by atoms with Crippen molar-refractivity contribution in [2.45, 2.75) is 0 Å². The normalized spacial score (nSPS) is 10.3. The lowest BCUT2D eigenvalue weighted by molar-refractivity contribution is 0.102. The van der Waals surface area contributed by atoms with Crippen LogP contribution in [0.3, 0.4) is 0 Å². The molecule has 0 saturated heterocycles. The molecule has 1 aromatic heterocycles. The Morgan fingerprint density at radius 1 is 1.16 bits per heavy atom. The lowest BCUT2D eigenvalue weighted by Gasteiger charge is -2.07. The molecule has 0 atom stereocenters. The highest BCUT2D eigenvalue weighted by atomic mass is 35.5. The lowest BCUT2D eigenvalue weighted by atomic mass is 10.2. The topological polar surface area (TPSA) is 42.0 Å². The smallest absolute Gasteiger partial charge is 0.257 e. The summed E-state index contributed by atoms with van der Waals surface area (Å²) in [6.07, 6.45) is 0. The number of nitrogens with one attached hydrogen (secondary N) is 1. The minimum atomic E-state index is -1.12. The zero-order valence-electron chi connectivity index (χ0n) is 9.25. The van der Waals surface area contributed by atoms with E-state index in [2.05, 4.69) is 10.3 Å². The summed E-state index contributed by atoms with van der Waals surface area (Å²) in [5.41, 5.74) is -0.166. The largest absolute Gasteiger partial charge is 0.318 e. The van der Waals surface area contributed by atoms with Crippen LogP contribution in [0.1, 0.15) is 10.4 Å². The van der Waals surface area contributed by atoms with E-state index in [4.69, 9.17) is 23.2 Å². The molecule has 3 nitrogen and oxygen atoms in total. The molecule has 98 valence electrons.